The molecule has 1 N–H and O–H groups in total. The molecule has 98 valence electrons. The number of nitrogens with zero attached hydrogens (tertiary/aromatic N) is 1. The maximum atomic E-state index is 4.67. The number of thiazole rings is 1. The predicted molar refractivity (Wildman–Crippen MR) is 80.2 cm³/mol. The van der Waals surface area contributed by atoms with Gasteiger partial charge in [-0.1, -0.05) is 24.3 Å². The Hall–Kier alpha value is -1.19. The molecule has 2 bridgehead atoms. The molecule has 0 spiro atoms. The molecule has 2 nitrogen and oxygen atoms in total. The van der Waals surface area contributed by atoms with E-state index in [9.17, 15) is 0 Å². The first kappa shape index (κ1) is 11.6. The Balaban J connectivity index is 1.36. The molecule has 4 rings (SSSR count). The SMILES string of the molecule is C1=CC2CC1CC2CNCc1nc2ccccc2s1. The van der Waals surface area contributed by atoms with Crippen molar-refractivity contribution in [3.05, 3.63) is 41.4 Å². The van der Waals surface area contributed by atoms with Gasteiger partial charge in [0.25, 0.3) is 0 Å². The molecule has 0 aliphatic heterocycles. The summed E-state index contributed by atoms with van der Waals surface area (Å²) in [6.07, 6.45) is 7.62. The molecule has 0 saturated heterocycles. The first-order valence-electron chi connectivity index (χ1n) is 7.12. The summed E-state index contributed by atoms with van der Waals surface area (Å²) < 4.78 is 1.29. The predicted octanol–water partition coefficient (Wildman–Crippen LogP) is 3.60. The molecular weight excluding hydrogens is 252 g/mol. The third kappa shape index (κ3) is 2.21. The summed E-state index contributed by atoms with van der Waals surface area (Å²) >= 11 is 1.81. The number of rotatable bonds is 4. The maximum Gasteiger partial charge on any atom is 0.108 e. The van der Waals surface area contributed by atoms with Crippen LogP contribution in [0.3, 0.4) is 0 Å². The van der Waals surface area contributed by atoms with Gasteiger partial charge in [0.05, 0.1) is 10.2 Å². The van der Waals surface area contributed by atoms with Gasteiger partial charge in [0.15, 0.2) is 0 Å². The molecule has 1 fully saturated rings. The van der Waals surface area contributed by atoms with E-state index in [4.69, 9.17) is 0 Å². The minimum atomic E-state index is 0.841. The minimum Gasteiger partial charge on any atom is -0.310 e. The summed E-state index contributed by atoms with van der Waals surface area (Å²) in [5.74, 6) is 2.57. The van der Waals surface area contributed by atoms with E-state index in [0.717, 1.165) is 36.4 Å². The zero-order valence-electron chi connectivity index (χ0n) is 10.9. The first-order valence-corrected chi connectivity index (χ1v) is 7.93. The zero-order chi connectivity index (χ0) is 12.7. The zero-order valence-corrected chi connectivity index (χ0v) is 11.7. The van der Waals surface area contributed by atoms with Crippen LogP contribution in [0.4, 0.5) is 0 Å². The van der Waals surface area contributed by atoms with E-state index in [2.05, 4.69) is 46.7 Å². The number of para-hydroxylation sites is 1. The minimum absolute atomic E-state index is 0.841. The van der Waals surface area contributed by atoms with Crippen LogP contribution in [0.5, 0.6) is 0 Å². The molecule has 1 heterocycles. The first-order chi connectivity index (χ1) is 9.38. The third-order valence-electron chi connectivity index (χ3n) is 4.44. The third-order valence-corrected chi connectivity index (χ3v) is 5.47. The van der Waals surface area contributed by atoms with Gasteiger partial charge in [-0.05, 0) is 49.3 Å². The maximum absolute atomic E-state index is 4.67. The van der Waals surface area contributed by atoms with Gasteiger partial charge in [-0.25, -0.2) is 4.98 Å². The van der Waals surface area contributed by atoms with Crippen molar-refractivity contribution < 1.29 is 0 Å². The molecule has 1 aromatic carbocycles. The second-order valence-corrected chi connectivity index (χ2v) is 6.86. The van der Waals surface area contributed by atoms with Gasteiger partial charge in [-0.2, -0.15) is 0 Å². The Morgan fingerprint density at radius 1 is 1.21 bits per heavy atom. The Bertz CT molecular complexity index is 583. The summed E-state index contributed by atoms with van der Waals surface area (Å²) in [4.78, 5) is 4.67. The van der Waals surface area contributed by atoms with Gasteiger partial charge < -0.3 is 5.32 Å². The number of hydrogen-bond donors (Lipinski definition) is 1. The van der Waals surface area contributed by atoms with Crippen LogP contribution in [-0.4, -0.2) is 11.5 Å². The summed E-state index contributed by atoms with van der Waals surface area (Å²) in [7, 11) is 0. The van der Waals surface area contributed by atoms with E-state index in [0.29, 0.717) is 0 Å². The molecule has 3 unspecified atom stereocenters. The fourth-order valence-electron chi connectivity index (χ4n) is 3.49. The number of benzene rings is 1. The van der Waals surface area contributed by atoms with Crippen LogP contribution in [0, 0.1) is 17.8 Å². The van der Waals surface area contributed by atoms with Crippen LogP contribution >= 0.6 is 11.3 Å². The Labute approximate surface area is 117 Å². The normalized spacial score (nSPS) is 28.5. The van der Waals surface area contributed by atoms with Crippen molar-refractivity contribution in [2.45, 2.75) is 19.4 Å². The van der Waals surface area contributed by atoms with Crippen molar-refractivity contribution in [2.75, 3.05) is 6.54 Å². The summed E-state index contributed by atoms with van der Waals surface area (Å²) in [5.41, 5.74) is 1.13. The second kappa shape index (κ2) is 4.73. The van der Waals surface area contributed by atoms with E-state index < -0.39 is 0 Å². The molecule has 2 aliphatic carbocycles. The fourth-order valence-corrected chi connectivity index (χ4v) is 4.43. The van der Waals surface area contributed by atoms with Crippen molar-refractivity contribution in [3.63, 3.8) is 0 Å². The van der Waals surface area contributed by atoms with Crippen molar-refractivity contribution in [2.24, 2.45) is 17.8 Å². The molecule has 0 amide bonds. The molecule has 1 saturated carbocycles. The Morgan fingerprint density at radius 3 is 2.95 bits per heavy atom. The van der Waals surface area contributed by atoms with Gasteiger partial charge in [-0.15, -0.1) is 11.3 Å². The standard InChI is InChI=1S/C16H18N2S/c1-2-4-15-14(3-1)18-16(19-15)10-17-9-13-8-11-5-6-12(13)7-11/h1-6,11-13,17H,7-10H2. The lowest BCUT2D eigenvalue weighted by Gasteiger charge is -2.17. The molecule has 3 atom stereocenters. The van der Waals surface area contributed by atoms with E-state index in [1.165, 1.54) is 22.5 Å². The molecular formula is C16H18N2S. The molecule has 1 aromatic heterocycles. The molecule has 0 radical (unpaired) electrons. The van der Waals surface area contributed by atoms with Crippen LogP contribution in [0.25, 0.3) is 10.2 Å². The summed E-state index contributed by atoms with van der Waals surface area (Å²) in [6, 6.07) is 8.38. The fraction of sp³-hybridized carbons (Fsp3) is 0.438. The molecule has 2 aliphatic rings. The van der Waals surface area contributed by atoms with Crippen LogP contribution in [0.15, 0.2) is 36.4 Å². The highest BCUT2D eigenvalue weighted by Gasteiger charge is 2.34. The van der Waals surface area contributed by atoms with Gasteiger partial charge in [0, 0.05) is 6.54 Å². The second-order valence-electron chi connectivity index (χ2n) is 5.75. The van der Waals surface area contributed by atoms with Crippen molar-refractivity contribution in [1.82, 2.24) is 10.3 Å². The van der Waals surface area contributed by atoms with E-state index in [1.54, 1.807) is 0 Å². The number of allylic oxidation sites excluding steroid dienone is 2. The van der Waals surface area contributed by atoms with Crippen molar-refractivity contribution >= 4 is 21.6 Å². The van der Waals surface area contributed by atoms with E-state index >= 15 is 0 Å². The van der Waals surface area contributed by atoms with Gasteiger partial charge in [0.2, 0.25) is 0 Å². The number of aromatic nitrogens is 1. The average molecular weight is 270 g/mol. The number of fused-ring (bicyclic) bond motifs is 3. The summed E-state index contributed by atoms with van der Waals surface area (Å²) in [6.45, 7) is 2.05. The summed E-state index contributed by atoms with van der Waals surface area (Å²) in [5, 5.41) is 4.81. The van der Waals surface area contributed by atoms with Crippen LogP contribution in [0.1, 0.15) is 17.8 Å². The van der Waals surface area contributed by atoms with Crippen LogP contribution in [0.2, 0.25) is 0 Å². The van der Waals surface area contributed by atoms with Gasteiger partial charge in [0.1, 0.15) is 5.01 Å². The highest BCUT2D eigenvalue weighted by Crippen LogP contribution is 2.42. The van der Waals surface area contributed by atoms with E-state index in [-0.39, 0.29) is 0 Å². The Kier molecular flexibility index (Phi) is 2.89. The smallest absolute Gasteiger partial charge is 0.108 e. The highest BCUT2D eigenvalue weighted by atomic mass is 32.1. The lowest BCUT2D eigenvalue weighted by molar-refractivity contribution is 0.414. The lowest BCUT2D eigenvalue weighted by atomic mass is 9.94. The largest absolute Gasteiger partial charge is 0.310 e. The van der Waals surface area contributed by atoms with Crippen LogP contribution in [-0.2, 0) is 6.54 Å². The molecule has 19 heavy (non-hydrogen) atoms. The van der Waals surface area contributed by atoms with Crippen LogP contribution < -0.4 is 5.32 Å². The quantitative estimate of drug-likeness (QED) is 0.859. The Morgan fingerprint density at radius 2 is 2.16 bits per heavy atom. The topological polar surface area (TPSA) is 24.9 Å². The monoisotopic (exact) mass is 270 g/mol. The highest BCUT2D eigenvalue weighted by molar-refractivity contribution is 7.18. The van der Waals surface area contributed by atoms with Crippen molar-refractivity contribution in [1.29, 1.82) is 0 Å². The van der Waals surface area contributed by atoms with E-state index in [1.807, 2.05) is 11.3 Å². The molecule has 3 heteroatoms. The average Bonchev–Trinajstić information content (AvgIpc) is 3.12. The molecule has 2 aromatic rings. The van der Waals surface area contributed by atoms with Gasteiger partial charge >= 0.3 is 0 Å². The number of nitrogens with one attached hydrogen (secondary N) is 1. The van der Waals surface area contributed by atoms with Gasteiger partial charge in [-0.3, -0.25) is 0 Å². The van der Waals surface area contributed by atoms with Crippen molar-refractivity contribution in [3.8, 4) is 0 Å². The lowest BCUT2D eigenvalue weighted by Crippen LogP contribution is -2.24. The number of hydrogen-bond acceptors (Lipinski definition) is 3.